The van der Waals surface area contributed by atoms with Crippen LogP contribution >= 0.6 is 23.2 Å². The minimum atomic E-state index is -1.10. The summed E-state index contributed by atoms with van der Waals surface area (Å²) in [5.74, 6) is -1.28. The van der Waals surface area contributed by atoms with E-state index in [9.17, 15) is 19.5 Å². The van der Waals surface area contributed by atoms with Crippen molar-refractivity contribution in [3.05, 3.63) is 74.7 Å². The van der Waals surface area contributed by atoms with Gasteiger partial charge < -0.3 is 19.6 Å². The van der Waals surface area contributed by atoms with E-state index in [0.717, 1.165) is 5.56 Å². The highest BCUT2D eigenvalue weighted by Crippen LogP contribution is 2.36. The van der Waals surface area contributed by atoms with Crippen molar-refractivity contribution in [1.82, 2.24) is 24.6 Å². The van der Waals surface area contributed by atoms with Crippen LogP contribution in [0.25, 0.3) is 0 Å². The number of hydrogen-bond acceptors (Lipinski definition) is 6. The van der Waals surface area contributed by atoms with Gasteiger partial charge in [-0.1, -0.05) is 29.3 Å². The number of nitrogens with zero attached hydrogens (tertiary/aromatic N) is 5. The molecule has 5 rings (SSSR count). The highest BCUT2D eigenvalue weighted by atomic mass is 35.5. The Morgan fingerprint density at radius 1 is 1.18 bits per heavy atom. The fourth-order valence-corrected chi connectivity index (χ4v) is 5.32. The Bertz CT molecular complexity index is 1440. The molecular formula is C26H25Cl2N5O5. The van der Waals surface area contributed by atoms with Crippen LogP contribution in [-0.4, -0.2) is 67.2 Å². The first-order chi connectivity index (χ1) is 18.1. The molecule has 1 N–H and O–H groups in total. The van der Waals surface area contributed by atoms with Crippen molar-refractivity contribution in [3.8, 4) is 5.88 Å². The topological polar surface area (TPSA) is 118 Å². The summed E-state index contributed by atoms with van der Waals surface area (Å²) >= 11 is 12.2. The summed E-state index contributed by atoms with van der Waals surface area (Å²) in [6.45, 7) is 3.75. The molecule has 0 aliphatic carbocycles. The maximum absolute atomic E-state index is 13.9. The number of carboxylic acid groups (broad SMARTS) is 1. The molecule has 2 aliphatic heterocycles. The summed E-state index contributed by atoms with van der Waals surface area (Å²) < 4.78 is 6.43. The number of benzene rings is 1. The van der Waals surface area contributed by atoms with Crippen molar-refractivity contribution in [2.45, 2.75) is 44.9 Å². The largest absolute Gasteiger partial charge is 0.481 e. The van der Waals surface area contributed by atoms with E-state index < -0.39 is 18.1 Å². The summed E-state index contributed by atoms with van der Waals surface area (Å²) in [6.07, 6.45) is 1.98. The maximum atomic E-state index is 13.9. The normalized spacial score (nSPS) is 19.6. The van der Waals surface area contributed by atoms with E-state index in [0.29, 0.717) is 34.1 Å². The first kappa shape index (κ1) is 26.0. The van der Waals surface area contributed by atoms with Gasteiger partial charge in [0.1, 0.15) is 5.69 Å². The van der Waals surface area contributed by atoms with Crippen LogP contribution in [0.15, 0.2) is 36.5 Å². The van der Waals surface area contributed by atoms with E-state index in [1.807, 2.05) is 13.8 Å². The van der Waals surface area contributed by atoms with Crippen molar-refractivity contribution < 1.29 is 24.2 Å². The number of hydrogen-bond donors (Lipinski definition) is 1. The van der Waals surface area contributed by atoms with Gasteiger partial charge in [-0.2, -0.15) is 5.10 Å². The van der Waals surface area contributed by atoms with Crippen LogP contribution in [-0.2, 0) is 17.8 Å². The molecule has 0 saturated heterocycles. The number of methoxy groups -OCH3 is 1. The number of fused-ring (bicyclic) bond motifs is 3. The zero-order valence-electron chi connectivity index (χ0n) is 20.9. The highest BCUT2D eigenvalue weighted by molar-refractivity contribution is 6.42. The number of ether oxygens (including phenoxy) is 1. The molecule has 2 aromatic heterocycles. The fourth-order valence-electron chi connectivity index (χ4n) is 5.02. The SMILES string of the molecule is COc1ccc(C(C)N2C[C@@H](C(=O)O)n3nc4c(c3C2=O)CN(C(=O)c2ccc(Cl)c(Cl)c2)[C@H](C)C4)cn1. The molecule has 0 spiro atoms. The highest BCUT2D eigenvalue weighted by Gasteiger charge is 2.43. The second-order valence-corrected chi connectivity index (χ2v) is 10.3. The van der Waals surface area contributed by atoms with Gasteiger partial charge in [-0.15, -0.1) is 0 Å². The summed E-state index contributed by atoms with van der Waals surface area (Å²) in [6, 6.07) is 6.39. The van der Waals surface area contributed by atoms with Crippen LogP contribution in [0.5, 0.6) is 5.88 Å². The van der Waals surface area contributed by atoms with Crippen molar-refractivity contribution in [2.75, 3.05) is 13.7 Å². The lowest BCUT2D eigenvalue weighted by Gasteiger charge is -2.37. The first-order valence-corrected chi connectivity index (χ1v) is 12.8. The first-order valence-electron chi connectivity index (χ1n) is 12.0. The molecule has 2 amide bonds. The molecule has 3 aromatic rings. The molecular weight excluding hydrogens is 533 g/mol. The van der Waals surface area contributed by atoms with Gasteiger partial charge in [-0.05, 0) is 37.6 Å². The van der Waals surface area contributed by atoms with Crippen molar-refractivity contribution in [1.29, 1.82) is 0 Å². The quantitative estimate of drug-likeness (QED) is 0.503. The van der Waals surface area contributed by atoms with Gasteiger partial charge in [0.25, 0.3) is 11.8 Å². The number of halogens is 2. The Labute approximate surface area is 228 Å². The standard InChI is InChI=1S/C26H25Cl2N5O5/c1-13-8-20-17(11-31(13)24(34)15-4-6-18(27)19(28)9-15)23-25(35)32(12-21(26(36)37)33(23)30-20)14(2)16-5-7-22(38-3)29-10-16/h4-7,9-10,13-14,21H,8,11-12H2,1-3H3,(H,36,37)/t13-,14?,21+/m1/s1. The van der Waals surface area contributed by atoms with Crippen LogP contribution in [0.3, 0.4) is 0 Å². The van der Waals surface area contributed by atoms with Crippen LogP contribution in [0, 0.1) is 0 Å². The van der Waals surface area contributed by atoms with E-state index >= 15 is 0 Å². The Hall–Kier alpha value is -3.63. The molecule has 3 atom stereocenters. The fraction of sp³-hybridized carbons (Fsp3) is 0.346. The zero-order chi connectivity index (χ0) is 27.3. The Morgan fingerprint density at radius 3 is 2.58 bits per heavy atom. The Kier molecular flexibility index (Phi) is 6.79. The predicted octanol–water partition coefficient (Wildman–Crippen LogP) is 4.02. The molecule has 12 heteroatoms. The van der Waals surface area contributed by atoms with Gasteiger partial charge >= 0.3 is 5.97 Å². The number of aliphatic carboxylic acids is 1. The van der Waals surface area contributed by atoms with Crippen molar-refractivity contribution in [2.24, 2.45) is 0 Å². The molecule has 0 fully saturated rings. The summed E-state index contributed by atoms with van der Waals surface area (Å²) in [7, 11) is 1.51. The summed E-state index contributed by atoms with van der Waals surface area (Å²) in [5.41, 5.74) is 2.46. The van der Waals surface area contributed by atoms with E-state index in [2.05, 4.69) is 10.1 Å². The van der Waals surface area contributed by atoms with Gasteiger partial charge in [-0.3, -0.25) is 9.59 Å². The smallest absolute Gasteiger partial charge is 0.330 e. The molecule has 4 heterocycles. The molecule has 10 nitrogen and oxygen atoms in total. The summed E-state index contributed by atoms with van der Waals surface area (Å²) in [5, 5.41) is 15.2. The predicted molar refractivity (Wildman–Crippen MR) is 139 cm³/mol. The number of amides is 2. The van der Waals surface area contributed by atoms with E-state index in [-0.39, 0.29) is 41.7 Å². The number of carbonyl (C=O) groups excluding carboxylic acids is 2. The third kappa shape index (κ3) is 4.37. The minimum absolute atomic E-state index is 0.0591. The average molecular weight is 558 g/mol. The third-order valence-electron chi connectivity index (χ3n) is 7.20. The van der Waals surface area contributed by atoms with Crippen LogP contribution in [0.2, 0.25) is 10.0 Å². The number of carboxylic acids is 1. The van der Waals surface area contributed by atoms with E-state index in [1.165, 1.54) is 22.8 Å². The van der Waals surface area contributed by atoms with E-state index in [1.54, 1.807) is 35.4 Å². The molecule has 198 valence electrons. The molecule has 1 unspecified atom stereocenters. The third-order valence-corrected chi connectivity index (χ3v) is 7.94. The molecule has 38 heavy (non-hydrogen) atoms. The van der Waals surface area contributed by atoms with Crippen molar-refractivity contribution >= 4 is 41.0 Å². The number of rotatable bonds is 5. The number of pyridine rings is 1. The second-order valence-electron chi connectivity index (χ2n) is 9.45. The van der Waals surface area contributed by atoms with Gasteiger partial charge in [0, 0.05) is 35.9 Å². The van der Waals surface area contributed by atoms with Crippen molar-refractivity contribution in [3.63, 3.8) is 0 Å². The minimum Gasteiger partial charge on any atom is -0.481 e. The molecule has 0 saturated carbocycles. The lowest BCUT2D eigenvalue weighted by molar-refractivity contribution is -0.142. The molecule has 1 aromatic carbocycles. The van der Waals surface area contributed by atoms with Gasteiger partial charge in [0.15, 0.2) is 6.04 Å². The van der Waals surface area contributed by atoms with Crippen LogP contribution in [0.4, 0.5) is 0 Å². The maximum Gasteiger partial charge on any atom is 0.330 e. The van der Waals surface area contributed by atoms with Gasteiger partial charge in [-0.25, -0.2) is 14.5 Å². The number of aromatic nitrogens is 3. The average Bonchev–Trinajstić information content (AvgIpc) is 3.27. The lowest BCUT2D eigenvalue weighted by atomic mass is 9.96. The van der Waals surface area contributed by atoms with Crippen LogP contribution in [0.1, 0.15) is 63.6 Å². The Balaban J connectivity index is 1.51. The van der Waals surface area contributed by atoms with Gasteiger partial charge in [0.2, 0.25) is 5.88 Å². The van der Waals surface area contributed by atoms with Gasteiger partial charge in [0.05, 0.1) is 42.0 Å². The van der Waals surface area contributed by atoms with Crippen LogP contribution < -0.4 is 4.74 Å². The second kappa shape index (κ2) is 9.92. The van der Waals surface area contributed by atoms with E-state index in [4.69, 9.17) is 27.9 Å². The molecule has 0 radical (unpaired) electrons. The zero-order valence-corrected chi connectivity index (χ0v) is 22.4. The monoisotopic (exact) mass is 557 g/mol. The Morgan fingerprint density at radius 2 is 1.95 bits per heavy atom. The lowest BCUT2D eigenvalue weighted by Crippen LogP contribution is -2.47. The summed E-state index contributed by atoms with van der Waals surface area (Å²) in [4.78, 5) is 47.0. The number of carbonyl (C=O) groups is 3. The molecule has 2 aliphatic rings. The molecule has 0 bridgehead atoms.